The van der Waals surface area contributed by atoms with Gasteiger partial charge in [-0.3, -0.25) is 9.59 Å². The second kappa shape index (κ2) is 9.53. The van der Waals surface area contributed by atoms with Crippen molar-refractivity contribution >= 4 is 46.3 Å². The fourth-order valence-corrected chi connectivity index (χ4v) is 4.48. The van der Waals surface area contributed by atoms with E-state index in [0.717, 1.165) is 29.0 Å². The fraction of sp³-hybridized carbons (Fsp3) is 0.185. The summed E-state index contributed by atoms with van der Waals surface area (Å²) in [6.07, 6.45) is 2.42. The van der Waals surface area contributed by atoms with E-state index in [1.807, 2.05) is 18.2 Å². The summed E-state index contributed by atoms with van der Waals surface area (Å²) in [5.41, 5.74) is 3.84. The number of benzene rings is 3. The van der Waals surface area contributed by atoms with Crippen LogP contribution in [0.15, 0.2) is 66.7 Å². The number of anilines is 1. The number of hydrogen-bond donors (Lipinski definition) is 2. The van der Waals surface area contributed by atoms with E-state index in [0.29, 0.717) is 21.8 Å². The van der Waals surface area contributed by atoms with Crippen LogP contribution in [0.3, 0.4) is 0 Å². The van der Waals surface area contributed by atoms with Crippen LogP contribution >= 0.6 is 23.2 Å². The molecule has 3 aromatic carbocycles. The summed E-state index contributed by atoms with van der Waals surface area (Å²) in [5.74, 6) is 0.153. The smallest absolute Gasteiger partial charge is 0.257 e. The largest absolute Gasteiger partial charge is 0.497 e. The standard InChI is InChI=1S/C27H24Cl2N2O3/c1-27(2)15-17-7-9-20(34-3)13-22(17)24(31-27)14-25(32)16-5-4-6-19(11-16)30-26(33)21-10-8-18(28)12-23(21)29/h4-14,31H,15H2,1-3H3,(H,30,33)/b24-14-. The number of nitrogens with one attached hydrogen (secondary N) is 2. The van der Waals surface area contributed by atoms with Crippen molar-refractivity contribution in [3.63, 3.8) is 0 Å². The number of carbonyl (C=O) groups excluding carboxylic acids is 2. The Morgan fingerprint density at radius 3 is 2.59 bits per heavy atom. The number of carbonyl (C=O) groups is 2. The first-order valence-electron chi connectivity index (χ1n) is 10.7. The van der Waals surface area contributed by atoms with Gasteiger partial charge in [-0.15, -0.1) is 0 Å². The van der Waals surface area contributed by atoms with Crippen LogP contribution in [0.25, 0.3) is 5.70 Å². The van der Waals surface area contributed by atoms with Crippen molar-refractivity contribution in [3.05, 3.63) is 99.0 Å². The Hall–Kier alpha value is -3.28. The summed E-state index contributed by atoms with van der Waals surface area (Å²) in [6, 6.07) is 17.4. The minimum Gasteiger partial charge on any atom is -0.497 e. The second-order valence-electron chi connectivity index (χ2n) is 8.79. The van der Waals surface area contributed by atoms with E-state index in [2.05, 4.69) is 24.5 Å². The molecule has 1 amide bonds. The minimum absolute atomic E-state index is 0.186. The van der Waals surface area contributed by atoms with Crippen LogP contribution in [0.4, 0.5) is 5.69 Å². The highest BCUT2D eigenvalue weighted by Gasteiger charge is 2.28. The third-order valence-electron chi connectivity index (χ3n) is 5.57. The normalized spacial score (nSPS) is 15.3. The number of hydrogen-bond acceptors (Lipinski definition) is 4. The zero-order valence-electron chi connectivity index (χ0n) is 19.0. The van der Waals surface area contributed by atoms with Crippen molar-refractivity contribution in [1.29, 1.82) is 0 Å². The average molecular weight is 495 g/mol. The van der Waals surface area contributed by atoms with E-state index in [9.17, 15) is 9.59 Å². The van der Waals surface area contributed by atoms with E-state index in [1.54, 1.807) is 49.6 Å². The second-order valence-corrected chi connectivity index (χ2v) is 9.63. The molecular weight excluding hydrogens is 471 g/mol. The Labute approximate surface area is 208 Å². The minimum atomic E-state index is -0.388. The van der Waals surface area contributed by atoms with Crippen molar-refractivity contribution in [2.24, 2.45) is 0 Å². The molecule has 0 radical (unpaired) electrons. The molecule has 1 aliphatic heterocycles. The van der Waals surface area contributed by atoms with Crippen LogP contribution in [-0.2, 0) is 6.42 Å². The van der Waals surface area contributed by atoms with Gasteiger partial charge >= 0.3 is 0 Å². The van der Waals surface area contributed by atoms with Crippen molar-refractivity contribution in [2.45, 2.75) is 25.8 Å². The quantitative estimate of drug-likeness (QED) is 0.318. The lowest BCUT2D eigenvalue weighted by atomic mass is 9.85. The van der Waals surface area contributed by atoms with Crippen LogP contribution in [0.1, 0.15) is 45.7 Å². The van der Waals surface area contributed by atoms with E-state index in [1.165, 1.54) is 6.07 Å². The molecular formula is C27H24Cl2N2O3. The van der Waals surface area contributed by atoms with Crippen molar-refractivity contribution < 1.29 is 14.3 Å². The number of allylic oxidation sites excluding steroid dienone is 1. The van der Waals surface area contributed by atoms with Crippen LogP contribution in [0, 0.1) is 0 Å². The molecule has 0 fully saturated rings. The first-order valence-corrected chi connectivity index (χ1v) is 11.5. The van der Waals surface area contributed by atoms with E-state index in [-0.39, 0.29) is 22.3 Å². The molecule has 0 bridgehead atoms. The lowest BCUT2D eigenvalue weighted by molar-refractivity contribution is 0.102. The van der Waals surface area contributed by atoms with Crippen molar-refractivity contribution in [2.75, 3.05) is 12.4 Å². The zero-order valence-corrected chi connectivity index (χ0v) is 20.6. The first kappa shape index (κ1) is 23.9. The van der Waals surface area contributed by atoms with Gasteiger partial charge in [0.05, 0.1) is 17.7 Å². The summed E-state index contributed by atoms with van der Waals surface area (Å²) in [4.78, 5) is 25.8. The van der Waals surface area contributed by atoms with Crippen LogP contribution < -0.4 is 15.4 Å². The molecule has 2 N–H and O–H groups in total. The van der Waals surface area contributed by atoms with Gasteiger partial charge in [-0.25, -0.2) is 0 Å². The number of methoxy groups -OCH3 is 1. The van der Waals surface area contributed by atoms with Crippen LogP contribution in [0.2, 0.25) is 10.0 Å². The van der Waals surface area contributed by atoms with Crippen LogP contribution in [0.5, 0.6) is 5.75 Å². The summed E-state index contributed by atoms with van der Waals surface area (Å²) >= 11 is 12.1. The number of halogens is 2. The average Bonchev–Trinajstić information content (AvgIpc) is 2.78. The molecule has 0 saturated heterocycles. The van der Waals surface area contributed by atoms with Crippen molar-refractivity contribution in [3.8, 4) is 5.75 Å². The molecule has 4 rings (SSSR count). The van der Waals surface area contributed by atoms with E-state index < -0.39 is 0 Å². The van der Waals surface area contributed by atoms with Gasteiger partial charge in [-0.2, -0.15) is 0 Å². The van der Waals surface area contributed by atoms with Gasteiger partial charge in [0.15, 0.2) is 5.78 Å². The van der Waals surface area contributed by atoms with E-state index in [4.69, 9.17) is 27.9 Å². The number of rotatable bonds is 5. The van der Waals surface area contributed by atoms with Gasteiger partial charge in [0.25, 0.3) is 5.91 Å². The Morgan fingerprint density at radius 2 is 1.85 bits per heavy atom. The molecule has 0 spiro atoms. The molecule has 0 unspecified atom stereocenters. The molecule has 5 nitrogen and oxygen atoms in total. The molecule has 0 aromatic heterocycles. The van der Waals surface area contributed by atoms with Gasteiger partial charge in [0.1, 0.15) is 5.75 Å². The maximum Gasteiger partial charge on any atom is 0.257 e. The molecule has 0 atom stereocenters. The van der Waals surface area contributed by atoms with Gasteiger partial charge in [0.2, 0.25) is 0 Å². The molecule has 34 heavy (non-hydrogen) atoms. The molecule has 7 heteroatoms. The molecule has 3 aromatic rings. The maximum absolute atomic E-state index is 13.2. The highest BCUT2D eigenvalue weighted by atomic mass is 35.5. The summed E-state index contributed by atoms with van der Waals surface area (Å²) in [6.45, 7) is 4.19. The summed E-state index contributed by atoms with van der Waals surface area (Å²) < 4.78 is 5.38. The fourth-order valence-electron chi connectivity index (χ4n) is 3.99. The zero-order chi connectivity index (χ0) is 24.5. The molecule has 174 valence electrons. The third kappa shape index (κ3) is 5.27. The Bertz CT molecular complexity index is 1310. The monoisotopic (exact) mass is 494 g/mol. The topological polar surface area (TPSA) is 67.4 Å². The lowest BCUT2D eigenvalue weighted by Gasteiger charge is -2.35. The first-order chi connectivity index (χ1) is 16.1. The van der Waals surface area contributed by atoms with Gasteiger partial charge in [-0.1, -0.05) is 41.4 Å². The van der Waals surface area contributed by atoms with E-state index >= 15 is 0 Å². The number of fused-ring (bicyclic) bond motifs is 1. The Balaban J connectivity index is 1.61. The van der Waals surface area contributed by atoms with Gasteiger partial charge in [-0.05, 0) is 68.3 Å². The molecule has 0 aliphatic carbocycles. The SMILES string of the molecule is COc1ccc2c(c1)/C(=C/C(=O)c1cccc(NC(=O)c3ccc(Cl)cc3Cl)c1)NC(C)(C)C2. The summed E-state index contributed by atoms with van der Waals surface area (Å²) in [7, 11) is 1.62. The molecule has 0 saturated carbocycles. The lowest BCUT2D eigenvalue weighted by Crippen LogP contribution is -2.43. The number of amides is 1. The van der Waals surface area contributed by atoms with Gasteiger partial charge < -0.3 is 15.4 Å². The Kier molecular flexibility index (Phi) is 6.69. The third-order valence-corrected chi connectivity index (χ3v) is 6.12. The maximum atomic E-state index is 13.2. The Morgan fingerprint density at radius 1 is 1.06 bits per heavy atom. The summed E-state index contributed by atoms with van der Waals surface area (Å²) in [5, 5.41) is 6.96. The van der Waals surface area contributed by atoms with Crippen molar-refractivity contribution in [1.82, 2.24) is 5.32 Å². The predicted octanol–water partition coefficient (Wildman–Crippen LogP) is 6.40. The predicted molar refractivity (Wildman–Crippen MR) is 137 cm³/mol. The van der Waals surface area contributed by atoms with Gasteiger partial charge in [0, 0.05) is 39.1 Å². The highest BCUT2D eigenvalue weighted by molar-refractivity contribution is 6.37. The van der Waals surface area contributed by atoms with Crippen LogP contribution in [-0.4, -0.2) is 24.3 Å². The highest BCUT2D eigenvalue weighted by Crippen LogP contribution is 2.32. The molecule has 1 heterocycles. The number of ketones is 1. The number of ether oxygens (including phenoxy) is 1. The molecule has 1 aliphatic rings.